The fourth-order valence-corrected chi connectivity index (χ4v) is 2.31. The first-order valence-electron chi connectivity index (χ1n) is 5.84. The summed E-state index contributed by atoms with van der Waals surface area (Å²) in [6, 6.07) is 6.51. The molecule has 1 aromatic carbocycles. The van der Waals surface area contributed by atoms with Gasteiger partial charge < -0.3 is 15.4 Å². The minimum absolute atomic E-state index is 0.0728. The van der Waals surface area contributed by atoms with Gasteiger partial charge >= 0.3 is 5.97 Å². The fraction of sp³-hybridized carbons (Fsp3) is 0. The predicted octanol–water partition coefficient (Wildman–Crippen LogP) is 3.71. The largest absolute Gasteiger partial charge is 0.477 e. The van der Waals surface area contributed by atoms with Gasteiger partial charge in [0, 0.05) is 0 Å². The zero-order valence-corrected chi connectivity index (χ0v) is 11.9. The number of nitrogens with one attached hydrogen (secondary N) is 2. The van der Waals surface area contributed by atoms with Crippen LogP contribution in [0.1, 0.15) is 10.5 Å². The van der Waals surface area contributed by atoms with E-state index in [0.29, 0.717) is 32.7 Å². The SMILES string of the molecule is O=C(O)c1cc2nc(Nc3c(Cl)cccc3Cl)[nH]c2cn1. The average molecular weight is 323 g/mol. The smallest absolute Gasteiger partial charge is 0.354 e. The van der Waals surface area contributed by atoms with E-state index in [9.17, 15) is 4.79 Å². The second-order valence-electron chi connectivity index (χ2n) is 4.20. The number of nitrogens with zero attached hydrogens (tertiary/aromatic N) is 2. The van der Waals surface area contributed by atoms with E-state index in [1.807, 2.05) is 0 Å². The van der Waals surface area contributed by atoms with Gasteiger partial charge in [-0.15, -0.1) is 0 Å². The number of carboxylic acids is 1. The van der Waals surface area contributed by atoms with Gasteiger partial charge in [-0.3, -0.25) is 0 Å². The normalized spacial score (nSPS) is 10.8. The molecule has 0 aliphatic rings. The Kier molecular flexibility index (Phi) is 3.40. The Bertz CT molecular complexity index is 827. The Labute approximate surface area is 128 Å². The van der Waals surface area contributed by atoms with Gasteiger partial charge in [0.15, 0.2) is 0 Å². The summed E-state index contributed by atoms with van der Waals surface area (Å²) in [6.45, 7) is 0. The molecule has 0 atom stereocenters. The Morgan fingerprint density at radius 1 is 1.29 bits per heavy atom. The number of carboxylic acid groups (broad SMARTS) is 1. The van der Waals surface area contributed by atoms with Crippen molar-refractivity contribution in [1.29, 1.82) is 0 Å². The zero-order valence-electron chi connectivity index (χ0n) is 10.4. The van der Waals surface area contributed by atoms with E-state index in [1.165, 1.54) is 12.3 Å². The number of hydrogen-bond donors (Lipinski definition) is 3. The molecule has 6 nitrogen and oxygen atoms in total. The van der Waals surface area contributed by atoms with Crippen molar-refractivity contribution in [2.45, 2.75) is 0 Å². The molecule has 106 valence electrons. The van der Waals surface area contributed by atoms with Crippen molar-refractivity contribution in [3.8, 4) is 0 Å². The fourth-order valence-electron chi connectivity index (χ4n) is 1.82. The van der Waals surface area contributed by atoms with Crippen LogP contribution in [0.2, 0.25) is 10.0 Å². The number of carbonyl (C=O) groups is 1. The van der Waals surface area contributed by atoms with E-state index in [2.05, 4.69) is 20.3 Å². The maximum atomic E-state index is 10.9. The molecule has 0 aliphatic heterocycles. The van der Waals surface area contributed by atoms with E-state index in [0.717, 1.165) is 0 Å². The molecule has 0 aliphatic carbocycles. The zero-order chi connectivity index (χ0) is 15.0. The number of aromatic amines is 1. The van der Waals surface area contributed by atoms with Crippen LogP contribution in [0.25, 0.3) is 11.0 Å². The molecule has 0 saturated carbocycles. The third kappa shape index (κ3) is 2.63. The van der Waals surface area contributed by atoms with Crippen LogP contribution in [0.4, 0.5) is 11.6 Å². The Hall–Kier alpha value is -2.31. The van der Waals surface area contributed by atoms with Gasteiger partial charge in [-0.05, 0) is 18.2 Å². The number of benzene rings is 1. The molecule has 21 heavy (non-hydrogen) atoms. The van der Waals surface area contributed by atoms with Crippen LogP contribution in [0, 0.1) is 0 Å². The topological polar surface area (TPSA) is 90.9 Å². The molecule has 0 fully saturated rings. The van der Waals surface area contributed by atoms with E-state index >= 15 is 0 Å². The molecule has 0 unspecified atom stereocenters. The van der Waals surface area contributed by atoms with Crippen molar-refractivity contribution in [2.24, 2.45) is 0 Å². The second kappa shape index (κ2) is 5.23. The summed E-state index contributed by atoms with van der Waals surface area (Å²) >= 11 is 12.1. The highest BCUT2D eigenvalue weighted by Crippen LogP contribution is 2.32. The number of rotatable bonds is 3. The number of halogens is 2. The molecule has 3 rings (SSSR count). The Balaban J connectivity index is 2.00. The highest BCUT2D eigenvalue weighted by Gasteiger charge is 2.11. The maximum Gasteiger partial charge on any atom is 0.354 e. The van der Waals surface area contributed by atoms with Crippen LogP contribution < -0.4 is 5.32 Å². The van der Waals surface area contributed by atoms with Crippen molar-refractivity contribution in [3.05, 3.63) is 46.2 Å². The molecule has 3 aromatic rings. The molecule has 8 heteroatoms. The number of imidazole rings is 1. The molecule has 0 saturated heterocycles. The third-order valence-electron chi connectivity index (χ3n) is 2.79. The van der Waals surface area contributed by atoms with Gasteiger partial charge in [-0.2, -0.15) is 0 Å². The van der Waals surface area contributed by atoms with Gasteiger partial charge in [-0.25, -0.2) is 14.8 Å². The molecule has 2 aromatic heterocycles. The number of aromatic nitrogens is 3. The van der Waals surface area contributed by atoms with Crippen molar-refractivity contribution < 1.29 is 9.90 Å². The van der Waals surface area contributed by atoms with E-state index < -0.39 is 5.97 Å². The van der Waals surface area contributed by atoms with Gasteiger partial charge in [0.05, 0.1) is 33.0 Å². The number of aromatic carboxylic acids is 1. The number of para-hydroxylation sites is 1. The summed E-state index contributed by atoms with van der Waals surface area (Å²) in [7, 11) is 0. The van der Waals surface area contributed by atoms with Gasteiger partial charge in [0.1, 0.15) is 5.69 Å². The quantitative estimate of drug-likeness (QED) is 0.683. The van der Waals surface area contributed by atoms with Crippen LogP contribution >= 0.6 is 23.2 Å². The van der Waals surface area contributed by atoms with E-state index in [1.54, 1.807) is 18.2 Å². The molecule has 0 bridgehead atoms. The number of pyridine rings is 1. The highest BCUT2D eigenvalue weighted by atomic mass is 35.5. The first kappa shape index (κ1) is 13.7. The monoisotopic (exact) mass is 322 g/mol. The lowest BCUT2D eigenvalue weighted by atomic mass is 10.3. The van der Waals surface area contributed by atoms with Crippen molar-refractivity contribution in [1.82, 2.24) is 15.0 Å². The van der Waals surface area contributed by atoms with Crippen LogP contribution in [0.15, 0.2) is 30.5 Å². The van der Waals surface area contributed by atoms with Crippen LogP contribution in [-0.4, -0.2) is 26.0 Å². The molecular formula is C13H8Cl2N4O2. The minimum Gasteiger partial charge on any atom is -0.477 e. The van der Waals surface area contributed by atoms with Gasteiger partial charge in [0.25, 0.3) is 0 Å². The number of anilines is 2. The van der Waals surface area contributed by atoms with Crippen molar-refractivity contribution in [3.63, 3.8) is 0 Å². The summed E-state index contributed by atoms with van der Waals surface area (Å²) in [5, 5.41) is 12.8. The lowest BCUT2D eigenvalue weighted by Crippen LogP contribution is -1.98. The summed E-state index contributed by atoms with van der Waals surface area (Å²) < 4.78 is 0. The second-order valence-corrected chi connectivity index (χ2v) is 5.01. The van der Waals surface area contributed by atoms with Crippen LogP contribution in [0.3, 0.4) is 0 Å². The summed E-state index contributed by atoms with van der Waals surface area (Å²) in [4.78, 5) is 21.9. The highest BCUT2D eigenvalue weighted by molar-refractivity contribution is 6.39. The van der Waals surface area contributed by atoms with Crippen LogP contribution in [0.5, 0.6) is 0 Å². The molecule has 0 spiro atoms. The maximum absolute atomic E-state index is 10.9. The Morgan fingerprint density at radius 3 is 2.67 bits per heavy atom. The lowest BCUT2D eigenvalue weighted by molar-refractivity contribution is 0.0690. The molecule has 0 radical (unpaired) electrons. The van der Waals surface area contributed by atoms with Gasteiger partial charge in [0.2, 0.25) is 5.95 Å². The van der Waals surface area contributed by atoms with E-state index in [4.69, 9.17) is 28.3 Å². The number of hydrogen-bond acceptors (Lipinski definition) is 4. The summed E-state index contributed by atoms with van der Waals surface area (Å²) in [5.41, 5.74) is 1.53. The first-order valence-corrected chi connectivity index (χ1v) is 6.60. The molecule has 3 N–H and O–H groups in total. The minimum atomic E-state index is -1.11. The predicted molar refractivity (Wildman–Crippen MR) is 80.6 cm³/mol. The summed E-state index contributed by atoms with van der Waals surface area (Å²) in [6.07, 6.45) is 1.41. The van der Waals surface area contributed by atoms with E-state index in [-0.39, 0.29) is 5.69 Å². The summed E-state index contributed by atoms with van der Waals surface area (Å²) in [5.74, 6) is -0.715. The molecule has 0 amide bonds. The number of H-pyrrole nitrogens is 1. The molecular weight excluding hydrogens is 315 g/mol. The van der Waals surface area contributed by atoms with Gasteiger partial charge in [-0.1, -0.05) is 29.3 Å². The standard InChI is InChI=1S/C13H8Cl2N4O2/c14-6-2-1-3-7(15)11(6)19-13-17-8-4-9(12(20)21)16-5-10(8)18-13/h1-5H,(H,20,21)(H2,17,18,19). The molecule has 2 heterocycles. The van der Waals surface area contributed by atoms with Crippen molar-refractivity contribution in [2.75, 3.05) is 5.32 Å². The average Bonchev–Trinajstić information content (AvgIpc) is 2.84. The Morgan fingerprint density at radius 2 is 2.00 bits per heavy atom. The number of fused-ring (bicyclic) bond motifs is 1. The van der Waals surface area contributed by atoms with Crippen molar-refractivity contribution >= 4 is 51.8 Å². The third-order valence-corrected chi connectivity index (χ3v) is 3.42. The first-order chi connectivity index (χ1) is 10.0. The lowest BCUT2D eigenvalue weighted by Gasteiger charge is -2.06. The van der Waals surface area contributed by atoms with Crippen LogP contribution in [-0.2, 0) is 0 Å².